The summed E-state index contributed by atoms with van der Waals surface area (Å²) in [5.74, 6) is 0. The number of allylic oxidation sites excluding steroid dienone is 3. The SMILES string of the molecule is C=CC=C(C=C)N(c1ccccc1)c1cccc(P(=S)(c2cccc(N(c3ccccc3)c3ccccc3)c2)c2ccc3c(c2)-c2c4ccccc4cc[n+]2C(CC)(CC)C3)c1. The largest absolute Gasteiger partial charge is 0.311 e. The highest BCUT2D eigenvalue weighted by atomic mass is 32.4. The summed E-state index contributed by atoms with van der Waals surface area (Å²) in [4.78, 5) is 4.57. The molecule has 0 saturated heterocycles. The lowest BCUT2D eigenvalue weighted by Gasteiger charge is -2.34. The quantitative estimate of drug-likeness (QED) is 0.0651. The predicted molar refractivity (Wildman–Crippen MR) is 270 cm³/mol. The van der Waals surface area contributed by atoms with Crippen LogP contribution in [0.2, 0.25) is 0 Å². The van der Waals surface area contributed by atoms with Crippen molar-refractivity contribution in [2.45, 2.75) is 38.6 Å². The summed E-state index contributed by atoms with van der Waals surface area (Å²) >= 11 is 7.40. The maximum Gasteiger partial charge on any atom is 0.221 e. The molecule has 304 valence electrons. The van der Waals surface area contributed by atoms with Crippen molar-refractivity contribution in [3.05, 3.63) is 237 Å². The first-order valence-corrected chi connectivity index (χ1v) is 24.3. The van der Waals surface area contributed by atoms with Crippen molar-refractivity contribution in [2.75, 3.05) is 9.80 Å². The van der Waals surface area contributed by atoms with Gasteiger partial charge < -0.3 is 9.80 Å². The second-order valence-corrected chi connectivity index (χ2v) is 20.3. The summed E-state index contributed by atoms with van der Waals surface area (Å²) in [5, 5.41) is 5.89. The lowest BCUT2D eigenvalue weighted by atomic mass is 9.78. The molecule has 1 aliphatic rings. The number of benzene rings is 7. The maximum absolute atomic E-state index is 7.40. The van der Waals surface area contributed by atoms with Gasteiger partial charge in [0.05, 0.1) is 10.9 Å². The molecule has 7 aromatic carbocycles. The summed E-state index contributed by atoms with van der Waals surface area (Å²) in [5.41, 5.74) is 10.1. The fraction of sp³-hybridized carbons (Fsp3) is 0.105. The molecule has 1 aromatic heterocycles. The number of nitrogens with zero attached hydrogens (tertiary/aromatic N) is 3. The highest BCUT2D eigenvalue weighted by Crippen LogP contribution is 2.48. The fourth-order valence-electron chi connectivity index (χ4n) is 9.39. The Bertz CT molecular complexity index is 2950. The predicted octanol–water partition coefficient (Wildman–Crippen LogP) is 13.5. The van der Waals surface area contributed by atoms with Gasteiger partial charge in [0.25, 0.3) is 0 Å². The third-order valence-electron chi connectivity index (χ3n) is 12.6. The van der Waals surface area contributed by atoms with E-state index >= 15 is 0 Å². The Balaban J connectivity index is 1.31. The molecule has 0 spiro atoms. The first kappa shape index (κ1) is 40.8. The van der Waals surface area contributed by atoms with E-state index in [1.54, 1.807) is 0 Å². The van der Waals surface area contributed by atoms with Crippen LogP contribution in [-0.2, 0) is 23.8 Å². The van der Waals surface area contributed by atoms with Gasteiger partial charge in [-0.2, -0.15) is 4.57 Å². The lowest BCUT2D eigenvalue weighted by Crippen LogP contribution is -2.60. The number of anilines is 5. The molecular weight excluding hydrogens is 790 g/mol. The third-order valence-corrected chi connectivity index (χ3v) is 17.5. The van der Waals surface area contributed by atoms with Crippen molar-refractivity contribution >= 4 is 73.0 Å². The normalized spacial score (nSPS) is 13.9. The number of para-hydroxylation sites is 3. The second-order valence-electron chi connectivity index (χ2n) is 15.9. The van der Waals surface area contributed by atoms with E-state index in [0.717, 1.165) is 69.3 Å². The number of pyridine rings is 1. The van der Waals surface area contributed by atoms with Crippen LogP contribution in [0.5, 0.6) is 0 Å². The minimum atomic E-state index is -2.80. The van der Waals surface area contributed by atoms with E-state index in [1.807, 2.05) is 24.3 Å². The van der Waals surface area contributed by atoms with Gasteiger partial charge in [-0.05, 0) is 112 Å². The molecule has 1 unspecified atom stereocenters. The Morgan fingerprint density at radius 1 is 0.613 bits per heavy atom. The van der Waals surface area contributed by atoms with Crippen molar-refractivity contribution < 1.29 is 4.57 Å². The lowest BCUT2D eigenvalue weighted by molar-refractivity contribution is -0.757. The van der Waals surface area contributed by atoms with E-state index < -0.39 is 6.04 Å². The zero-order chi connectivity index (χ0) is 42.7. The van der Waals surface area contributed by atoms with Gasteiger partial charge in [-0.15, -0.1) is 0 Å². The Kier molecular flexibility index (Phi) is 11.5. The van der Waals surface area contributed by atoms with Crippen LogP contribution in [0.4, 0.5) is 28.4 Å². The Labute approximate surface area is 372 Å². The molecule has 0 radical (unpaired) electrons. The van der Waals surface area contributed by atoms with Crippen LogP contribution in [0.15, 0.2) is 231 Å². The van der Waals surface area contributed by atoms with Crippen molar-refractivity contribution in [1.82, 2.24) is 0 Å². The van der Waals surface area contributed by atoms with Gasteiger partial charge >= 0.3 is 0 Å². The summed E-state index contributed by atoms with van der Waals surface area (Å²) in [6.07, 6.45) is 11.1. The Morgan fingerprint density at radius 2 is 1.16 bits per heavy atom. The molecule has 0 fully saturated rings. The van der Waals surface area contributed by atoms with Crippen molar-refractivity contribution in [3.63, 3.8) is 0 Å². The molecule has 0 N–H and O–H groups in total. The van der Waals surface area contributed by atoms with Crippen LogP contribution < -0.4 is 30.3 Å². The van der Waals surface area contributed by atoms with Gasteiger partial charge in [-0.3, -0.25) is 0 Å². The molecule has 0 bridgehead atoms. The average molecular weight is 841 g/mol. The van der Waals surface area contributed by atoms with E-state index in [0.29, 0.717) is 0 Å². The molecule has 0 aliphatic carbocycles. The monoisotopic (exact) mass is 840 g/mol. The smallest absolute Gasteiger partial charge is 0.221 e. The first-order chi connectivity index (χ1) is 30.4. The molecule has 2 heterocycles. The minimum Gasteiger partial charge on any atom is -0.311 e. The van der Waals surface area contributed by atoms with Crippen LogP contribution >= 0.6 is 6.04 Å². The zero-order valence-electron chi connectivity index (χ0n) is 35.4. The number of hydrogen-bond acceptors (Lipinski definition) is 3. The molecule has 3 nitrogen and oxygen atoms in total. The van der Waals surface area contributed by atoms with Gasteiger partial charge in [0, 0.05) is 65.5 Å². The summed E-state index contributed by atoms with van der Waals surface area (Å²) in [6, 6.07) is 65.0. The van der Waals surface area contributed by atoms with Gasteiger partial charge in [0.2, 0.25) is 5.69 Å². The maximum atomic E-state index is 7.40. The van der Waals surface area contributed by atoms with E-state index in [4.69, 9.17) is 11.8 Å². The highest BCUT2D eigenvalue weighted by Gasteiger charge is 2.44. The van der Waals surface area contributed by atoms with E-state index in [-0.39, 0.29) is 5.54 Å². The van der Waals surface area contributed by atoms with Crippen LogP contribution in [0.25, 0.3) is 22.0 Å². The van der Waals surface area contributed by atoms with E-state index in [2.05, 4.69) is 230 Å². The Morgan fingerprint density at radius 3 is 1.77 bits per heavy atom. The summed E-state index contributed by atoms with van der Waals surface area (Å²) < 4.78 is 2.59. The van der Waals surface area contributed by atoms with Crippen LogP contribution in [-0.4, -0.2) is 0 Å². The van der Waals surface area contributed by atoms with Crippen LogP contribution in [0, 0.1) is 0 Å². The summed E-state index contributed by atoms with van der Waals surface area (Å²) in [7, 11) is 0. The molecule has 62 heavy (non-hydrogen) atoms. The molecule has 1 atom stereocenters. The molecule has 0 amide bonds. The van der Waals surface area contributed by atoms with Crippen molar-refractivity contribution in [1.29, 1.82) is 0 Å². The van der Waals surface area contributed by atoms with Gasteiger partial charge in [0.15, 0.2) is 11.7 Å². The van der Waals surface area contributed by atoms with Crippen molar-refractivity contribution in [3.8, 4) is 11.3 Å². The zero-order valence-corrected chi connectivity index (χ0v) is 37.2. The van der Waals surface area contributed by atoms with E-state index in [9.17, 15) is 0 Å². The number of hydrogen-bond donors (Lipinski definition) is 0. The van der Waals surface area contributed by atoms with Gasteiger partial charge in [-0.25, -0.2) is 0 Å². The molecule has 9 rings (SSSR count). The van der Waals surface area contributed by atoms with Gasteiger partial charge in [0.1, 0.15) is 0 Å². The van der Waals surface area contributed by atoms with E-state index in [1.165, 1.54) is 27.6 Å². The number of rotatable bonds is 13. The third kappa shape index (κ3) is 7.24. The second kappa shape index (κ2) is 17.4. The standard InChI is InChI=1S/C57H51N3PS/c1-5-22-45(6-2)59(46-24-12-9-13-25-46)49-30-20-32-51(39-49)61(62,52-33-21-31-50(40-52)60(47-26-14-10-15-27-47)48-28-16-11-17-29-48)53-36-35-44-42-57(7-3,8-4)58-38-37-43-23-18-19-34-54(43)56(58)55(44)41-53/h5-6,9-41H,1-2,7-8,42H2,3-4H3/q+1. The van der Waals surface area contributed by atoms with Gasteiger partial charge in [-0.1, -0.05) is 154 Å². The van der Waals surface area contributed by atoms with Crippen molar-refractivity contribution in [2.24, 2.45) is 0 Å². The highest BCUT2D eigenvalue weighted by molar-refractivity contribution is 8.25. The number of fused-ring (bicyclic) bond motifs is 5. The molecule has 0 saturated carbocycles. The molecule has 1 aliphatic heterocycles. The molecule has 8 aromatic rings. The minimum absolute atomic E-state index is 0.0161. The fourth-order valence-corrected chi connectivity index (χ4v) is 13.1. The molecule has 5 heteroatoms. The number of aromatic nitrogens is 1. The topological polar surface area (TPSA) is 10.4 Å². The average Bonchev–Trinajstić information content (AvgIpc) is 3.34. The molecular formula is C57H51N3PS+. The summed E-state index contributed by atoms with van der Waals surface area (Å²) in [6.45, 7) is 12.9. The van der Waals surface area contributed by atoms with Crippen LogP contribution in [0.1, 0.15) is 32.3 Å². The van der Waals surface area contributed by atoms with Crippen LogP contribution in [0.3, 0.4) is 0 Å². The Hall–Kier alpha value is -6.58. The first-order valence-electron chi connectivity index (χ1n) is 21.5.